The van der Waals surface area contributed by atoms with Gasteiger partial charge in [0.1, 0.15) is 5.82 Å². The Morgan fingerprint density at radius 3 is 2.69 bits per heavy atom. The molecule has 0 saturated carbocycles. The van der Waals surface area contributed by atoms with Crippen LogP contribution in [-0.4, -0.2) is 5.78 Å². The van der Waals surface area contributed by atoms with Crippen LogP contribution in [0.3, 0.4) is 0 Å². The Balaban J connectivity index is 2.42. The first-order valence-electron chi connectivity index (χ1n) is 4.63. The van der Waals surface area contributed by atoms with E-state index >= 15 is 0 Å². The molecular formula is C12H8ClFOS. The summed E-state index contributed by atoms with van der Waals surface area (Å²) in [6, 6.07) is 5.89. The highest BCUT2D eigenvalue weighted by Gasteiger charge is 2.14. The number of aryl methyl sites for hydroxylation is 1. The summed E-state index contributed by atoms with van der Waals surface area (Å²) >= 11 is 7.01. The molecule has 0 unspecified atom stereocenters. The van der Waals surface area contributed by atoms with Crippen LogP contribution in [0, 0.1) is 12.7 Å². The van der Waals surface area contributed by atoms with Crippen molar-refractivity contribution in [2.45, 2.75) is 6.92 Å². The van der Waals surface area contributed by atoms with Gasteiger partial charge < -0.3 is 0 Å². The van der Waals surface area contributed by atoms with Crippen LogP contribution >= 0.6 is 22.9 Å². The minimum absolute atomic E-state index is 0.0277. The van der Waals surface area contributed by atoms with Crippen LogP contribution in [0.1, 0.15) is 20.8 Å². The van der Waals surface area contributed by atoms with Crippen LogP contribution in [0.15, 0.2) is 29.6 Å². The maximum atomic E-state index is 12.9. The molecule has 0 aliphatic heterocycles. The molecule has 1 heterocycles. The molecule has 0 N–H and O–H groups in total. The standard InChI is InChI=1S/C12H8ClFOS/c1-7-4-5-16-12(7)11(15)8-2-3-10(14)9(13)6-8/h2-6H,1H3. The largest absolute Gasteiger partial charge is 0.288 e. The number of halogens is 2. The molecule has 1 nitrogen and oxygen atoms in total. The lowest BCUT2D eigenvalue weighted by molar-refractivity contribution is 0.104. The Morgan fingerprint density at radius 1 is 1.38 bits per heavy atom. The van der Waals surface area contributed by atoms with Gasteiger partial charge in [0.15, 0.2) is 0 Å². The summed E-state index contributed by atoms with van der Waals surface area (Å²) in [5.41, 5.74) is 1.34. The maximum absolute atomic E-state index is 12.9. The molecule has 16 heavy (non-hydrogen) atoms. The van der Waals surface area contributed by atoms with E-state index in [1.165, 1.54) is 29.5 Å². The number of carbonyl (C=O) groups is 1. The van der Waals surface area contributed by atoms with Gasteiger partial charge in [-0.05, 0) is 42.1 Å². The van der Waals surface area contributed by atoms with Gasteiger partial charge in [0.05, 0.1) is 9.90 Å². The van der Waals surface area contributed by atoms with E-state index in [0.29, 0.717) is 10.4 Å². The van der Waals surface area contributed by atoms with E-state index in [2.05, 4.69) is 0 Å². The van der Waals surface area contributed by atoms with Crippen molar-refractivity contribution < 1.29 is 9.18 Å². The van der Waals surface area contributed by atoms with E-state index in [-0.39, 0.29) is 10.8 Å². The van der Waals surface area contributed by atoms with Gasteiger partial charge >= 0.3 is 0 Å². The second-order valence-corrected chi connectivity index (χ2v) is 4.71. The molecule has 82 valence electrons. The molecule has 0 aliphatic carbocycles. The van der Waals surface area contributed by atoms with Crippen molar-refractivity contribution in [3.63, 3.8) is 0 Å². The van der Waals surface area contributed by atoms with Crippen molar-refractivity contribution in [2.24, 2.45) is 0 Å². The van der Waals surface area contributed by atoms with Crippen molar-refractivity contribution in [1.29, 1.82) is 0 Å². The molecule has 0 radical (unpaired) electrons. The molecule has 1 aromatic carbocycles. The van der Waals surface area contributed by atoms with Crippen molar-refractivity contribution in [1.82, 2.24) is 0 Å². The second kappa shape index (κ2) is 4.36. The normalized spacial score (nSPS) is 10.4. The SMILES string of the molecule is Cc1ccsc1C(=O)c1ccc(F)c(Cl)c1. The molecule has 4 heteroatoms. The molecule has 0 spiro atoms. The molecule has 2 rings (SSSR count). The minimum Gasteiger partial charge on any atom is -0.288 e. The zero-order chi connectivity index (χ0) is 11.7. The minimum atomic E-state index is -0.513. The summed E-state index contributed by atoms with van der Waals surface area (Å²) in [4.78, 5) is 12.7. The first-order valence-corrected chi connectivity index (χ1v) is 5.89. The van der Waals surface area contributed by atoms with E-state index in [1.807, 2.05) is 18.4 Å². The average molecular weight is 255 g/mol. The zero-order valence-electron chi connectivity index (χ0n) is 8.46. The monoisotopic (exact) mass is 254 g/mol. The molecule has 0 atom stereocenters. The van der Waals surface area contributed by atoms with Gasteiger partial charge in [-0.3, -0.25) is 4.79 Å². The van der Waals surface area contributed by atoms with Crippen LogP contribution in [0.2, 0.25) is 5.02 Å². The topological polar surface area (TPSA) is 17.1 Å². The predicted molar refractivity (Wildman–Crippen MR) is 63.9 cm³/mol. The Morgan fingerprint density at radius 2 is 2.12 bits per heavy atom. The van der Waals surface area contributed by atoms with Gasteiger partial charge in [0.25, 0.3) is 0 Å². The third-order valence-corrected chi connectivity index (χ3v) is 3.55. The molecule has 0 aliphatic rings. The highest BCUT2D eigenvalue weighted by atomic mass is 35.5. The number of thiophene rings is 1. The fraction of sp³-hybridized carbons (Fsp3) is 0.0833. The number of hydrogen-bond acceptors (Lipinski definition) is 2. The molecular weight excluding hydrogens is 247 g/mol. The fourth-order valence-corrected chi connectivity index (χ4v) is 2.44. The molecule has 2 aromatic rings. The Labute approximate surface area is 101 Å². The van der Waals surface area contributed by atoms with Gasteiger partial charge in [-0.1, -0.05) is 11.6 Å². The summed E-state index contributed by atoms with van der Waals surface area (Å²) in [6.07, 6.45) is 0. The first-order chi connectivity index (χ1) is 7.59. The summed E-state index contributed by atoms with van der Waals surface area (Å²) < 4.78 is 12.9. The number of carbonyl (C=O) groups excluding carboxylic acids is 1. The van der Waals surface area contributed by atoms with Crippen molar-refractivity contribution >= 4 is 28.7 Å². The number of ketones is 1. The van der Waals surface area contributed by atoms with E-state index in [4.69, 9.17) is 11.6 Å². The lowest BCUT2D eigenvalue weighted by atomic mass is 10.1. The van der Waals surface area contributed by atoms with Gasteiger partial charge in [0, 0.05) is 5.56 Å². The summed E-state index contributed by atoms with van der Waals surface area (Å²) in [5.74, 6) is -0.629. The van der Waals surface area contributed by atoms with Crippen molar-refractivity contribution in [3.05, 3.63) is 56.5 Å². The summed E-state index contributed by atoms with van der Waals surface area (Å²) in [5, 5.41) is 1.83. The van der Waals surface area contributed by atoms with Gasteiger partial charge in [0.2, 0.25) is 5.78 Å². The highest BCUT2D eigenvalue weighted by molar-refractivity contribution is 7.12. The predicted octanol–water partition coefficient (Wildman–Crippen LogP) is 4.08. The third kappa shape index (κ3) is 2.01. The molecule has 0 fully saturated rings. The number of benzene rings is 1. The van der Waals surface area contributed by atoms with E-state index in [9.17, 15) is 9.18 Å². The summed E-state index contributed by atoms with van der Waals surface area (Å²) in [6.45, 7) is 1.87. The third-order valence-electron chi connectivity index (χ3n) is 2.25. The van der Waals surface area contributed by atoms with Crippen LogP contribution < -0.4 is 0 Å². The second-order valence-electron chi connectivity index (χ2n) is 3.39. The molecule has 0 amide bonds. The lowest BCUT2D eigenvalue weighted by Crippen LogP contribution is -2.00. The van der Waals surface area contributed by atoms with E-state index < -0.39 is 5.82 Å². The lowest BCUT2D eigenvalue weighted by Gasteiger charge is -2.01. The Bertz CT molecular complexity index is 548. The van der Waals surface area contributed by atoms with Crippen LogP contribution in [0.5, 0.6) is 0 Å². The smallest absolute Gasteiger partial charge is 0.203 e. The van der Waals surface area contributed by atoms with Gasteiger partial charge in [-0.15, -0.1) is 11.3 Å². The van der Waals surface area contributed by atoms with Crippen LogP contribution in [0.25, 0.3) is 0 Å². The molecule has 1 aromatic heterocycles. The first kappa shape index (κ1) is 11.3. The highest BCUT2D eigenvalue weighted by Crippen LogP contribution is 2.22. The molecule has 0 bridgehead atoms. The quantitative estimate of drug-likeness (QED) is 0.738. The Hall–Kier alpha value is -1.19. The summed E-state index contributed by atoms with van der Waals surface area (Å²) in [7, 11) is 0. The molecule has 0 saturated heterocycles. The zero-order valence-corrected chi connectivity index (χ0v) is 10.0. The maximum Gasteiger partial charge on any atom is 0.203 e. The van der Waals surface area contributed by atoms with Gasteiger partial charge in [-0.2, -0.15) is 0 Å². The van der Waals surface area contributed by atoms with E-state index in [0.717, 1.165) is 5.56 Å². The van der Waals surface area contributed by atoms with E-state index in [1.54, 1.807) is 0 Å². The number of hydrogen-bond donors (Lipinski definition) is 0. The fourth-order valence-electron chi connectivity index (χ4n) is 1.37. The number of rotatable bonds is 2. The van der Waals surface area contributed by atoms with Crippen molar-refractivity contribution in [3.8, 4) is 0 Å². The Kier molecular flexibility index (Phi) is 3.08. The van der Waals surface area contributed by atoms with Crippen LogP contribution in [0.4, 0.5) is 4.39 Å². The van der Waals surface area contributed by atoms with Gasteiger partial charge in [-0.25, -0.2) is 4.39 Å². The van der Waals surface area contributed by atoms with Crippen LogP contribution in [-0.2, 0) is 0 Å². The van der Waals surface area contributed by atoms with Crippen molar-refractivity contribution in [2.75, 3.05) is 0 Å². The average Bonchev–Trinajstić information content (AvgIpc) is 2.67.